The Morgan fingerprint density at radius 2 is 1.69 bits per heavy atom. The molecule has 1 unspecified atom stereocenters. The van der Waals surface area contributed by atoms with Crippen molar-refractivity contribution >= 4 is 17.8 Å². The second-order valence-electron chi connectivity index (χ2n) is 7.49. The minimum Gasteiger partial charge on any atom is -0.345 e. The highest BCUT2D eigenvalue weighted by Crippen LogP contribution is 2.35. The molecule has 0 aromatic carbocycles. The molecule has 3 heterocycles. The average Bonchev–Trinajstić information content (AvgIpc) is 2.79. The number of likely N-dealkylation sites (tertiary alicyclic amines) is 1. The predicted octanol–water partition coefficient (Wildman–Crippen LogP) is 0.370. The van der Waals surface area contributed by atoms with Gasteiger partial charge in [-0.3, -0.25) is 14.6 Å². The summed E-state index contributed by atoms with van der Waals surface area (Å²) in [6.45, 7) is 2.37. The number of amides is 4. The first kappa shape index (κ1) is 18.2. The Bertz CT molecular complexity index is 708. The van der Waals surface area contributed by atoms with Crippen LogP contribution in [0.5, 0.6) is 0 Å². The monoisotopic (exact) mass is 359 g/mol. The van der Waals surface area contributed by atoms with E-state index in [9.17, 15) is 14.4 Å². The molecular weight excluding hydrogens is 334 g/mol. The third-order valence-electron chi connectivity index (χ3n) is 5.08. The zero-order chi connectivity index (χ0) is 18.9. The van der Waals surface area contributed by atoms with Crippen LogP contribution < -0.4 is 0 Å². The summed E-state index contributed by atoms with van der Waals surface area (Å²) >= 11 is 0. The fourth-order valence-corrected chi connectivity index (χ4v) is 3.87. The van der Waals surface area contributed by atoms with Crippen molar-refractivity contribution in [2.24, 2.45) is 5.41 Å². The second-order valence-corrected chi connectivity index (χ2v) is 7.49. The van der Waals surface area contributed by atoms with Crippen molar-refractivity contribution in [2.75, 3.05) is 53.9 Å². The number of nitrogens with zero attached hydrogens (tertiary/aromatic N) is 5. The molecule has 1 aromatic heterocycles. The van der Waals surface area contributed by atoms with Crippen LogP contribution in [-0.4, -0.2) is 96.3 Å². The molecule has 0 N–H and O–H groups in total. The molecule has 8 nitrogen and oxygen atoms in total. The van der Waals surface area contributed by atoms with Gasteiger partial charge in [0.2, 0.25) is 5.91 Å². The molecule has 2 aliphatic heterocycles. The summed E-state index contributed by atoms with van der Waals surface area (Å²) < 4.78 is 0. The summed E-state index contributed by atoms with van der Waals surface area (Å²) in [4.78, 5) is 48.4. The Hall–Kier alpha value is -2.64. The van der Waals surface area contributed by atoms with E-state index in [2.05, 4.69) is 4.98 Å². The Morgan fingerprint density at radius 3 is 2.27 bits per heavy atom. The lowest BCUT2D eigenvalue weighted by Gasteiger charge is -2.34. The Kier molecular flexibility index (Phi) is 4.84. The fourth-order valence-electron chi connectivity index (χ4n) is 3.87. The smallest absolute Gasteiger partial charge is 0.319 e. The number of hydrogen-bond acceptors (Lipinski definition) is 4. The maximum Gasteiger partial charge on any atom is 0.319 e. The maximum absolute atomic E-state index is 13.0. The van der Waals surface area contributed by atoms with Crippen LogP contribution in [0, 0.1) is 5.41 Å². The molecule has 2 fully saturated rings. The van der Waals surface area contributed by atoms with Gasteiger partial charge in [-0.2, -0.15) is 0 Å². The first-order valence-electron chi connectivity index (χ1n) is 8.71. The summed E-state index contributed by atoms with van der Waals surface area (Å²) in [5, 5.41) is 0. The van der Waals surface area contributed by atoms with E-state index in [1.807, 2.05) is 0 Å². The summed E-state index contributed by atoms with van der Waals surface area (Å²) in [6.07, 6.45) is 3.53. The SMILES string of the molecule is CN(C)C(=O)N1CCN(C(=O)c2ccncc2)CC2(CC(=O)N(C)C2)C1. The van der Waals surface area contributed by atoms with E-state index in [1.54, 1.807) is 60.4 Å². The number of urea groups is 1. The third kappa shape index (κ3) is 3.49. The number of rotatable bonds is 1. The largest absolute Gasteiger partial charge is 0.345 e. The molecule has 26 heavy (non-hydrogen) atoms. The summed E-state index contributed by atoms with van der Waals surface area (Å²) in [7, 11) is 5.20. The molecule has 0 radical (unpaired) electrons. The van der Waals surface area contributed by atoms with Crippen LogP contribution in [0.4, 0.5) is 4.79 Å². The van der Waals surface area contributed by atoms with Gasteiger partial charge in [0.15, 0.2) is 0 Å². The van der Waals surface area contributed by atoms with Gasteiger partial charge in [-0.05, 0) is 12.1 Å². The number of carbonyl (C=O) groups excluding carboxylic acids is 3. The first-order chi connectivity index (χ1) is 12.3. The van der Waals surface area contributed by atoms with Crippen molar-refractivity contribution in [3.63, 3.8) is 0 Å². The third-order valence-corrected chi connectivity index (χ3v) is 5.08. The van der Waals surface area contributed by atoms with Crippen LogP contribution in [0.3, 0.4) is 0 Å². The van der Waals surface area contributed by atoms with Crippen molar-refractivity contribution in [1.82, 2.24) is 24.6 Å². The van der Waals surface area contributed by atoms with Gasteiger partial charge in [0, 0.05) is 83.7 Å². The van der Waals surface area contributed by atoms with Crippen LogP contribution >= 0.6 is 0 Å². The van der Waals surface area contributed by atoms with E-state index >= 15 is 0 Å². The highest BCUT2D eigenvalue weighted by molar-refractivity contribution is 5.94. The molecule has 3 rings (SSSR count). The lowest BCUT2D eigenvalue weighted by Crippen LogP contribution is -2.47. The predicted molar refractivity (Wildman–Crippen MR) is 95.5 cm³/mol. The molecule has 8 heteroatoms. The van der Waals surface area contributed by atoms with Gasteiger partial charge in [-0.25, -0.2) is 4.79 Å². The molecule has 1 atom stereocenters. The topological polar surface area (TPSA) is 77.1 Å². The summed E-state index contributed by atoms with van der Waals surface area (Å²) in [5.41, 5.74) is 0.136. The molecular formula is C18H25N5O3. The molecule has 2 saturated heterocycles. The lowest BCUT2D eigenvalue weighted by molar-refractivity contribution is -0.126. The molecule has 140 valence electrons. The van der Waals surface area contributed by atoms with Gasteiger partial charge in [0.05, 0.1) is 0 Å². The quantitative estimate of drug-likeness (QED) is 0.726. The van der Waals surface area contributed by atoms with Crippen LogP contribution in [0.15, 0.2) is 24.5 Å². The Labute approximate surface area is 153 Å². The fraction of sp³-hybridized carbons (Fsp3) is 0.556. The molecule has 0 saturated carbocycles. The second kappa shape index (κ2) is 6.93. The van der Waals surface area contributed by atoms with E-state index < -0.39 is 5.41 Å². The van der Waals surface area contributed by atoms with Crippen molar-refractivity contribution in [3.05, 3.63) is 30.1 Å². The average molecular weight is 359 g/mol. The van der Waals surface area contributed by atoms with Crippen LogP contribution in [0.25, 0.3) is 0 Å². The number of carbonyl (C=O) groups is 3. The highest BCUT2D eigenvalue weighted by Gasteiger charge is 2.47. The van der Waals surface area contributed by atoms with Crippen LogP contribution in [-0.2, 0) is 4.79 Å². The summed E-state index contributed by atoms with van der Waals surface area (Å²) in [5.74, 6) is -0.0339. The molecule has 1 aromatic rings. The number of pyridine rings is 1. The van der Waals surface area contributed by atoms with Crippen molar-refractivity contribution < 1.29 is 14.4 Å². The van der Waals surface area contributed by atoms with Gasteiger partial charge in [0.1, 0.15) is 0 Å². The van der Waals surface area contributed by atoms with Gasteiger partial charge in [-0.15, -0.1) is 0 Å². The number of hydrogen-bond donors (Lipinski definition) is 0. The van der Waals surface area contributed by atoms with E-state index in [0.717, 1.165) is 0 Å². The van der Waals surface area contributed by atoms with Crippen molar-refractivity contribution in [2.45, 2.75) is 6.42 Å². The van der Waals surface area contributed by atoms with Crippen molar-refractivity contribution in [3.8, 4) is 0 Å². The molecule has 0 aliphatic carbocycles. The van der Waals surface area contributed by atoms with Crippen LogP contribution in [0.1, 0.15) is 16.8 Å². The van der Waals surface area contributed by atoms with E-state index in [4.69, 9.17) is 0 Å². The molecule has 4 amide bonds. The molecule has 2 aliphatic rings. The Morgan fingerprint density at radius 1 is 1.08 bits per heavy atom. The zero-order valence-electron chi connectivity index (χ0n) is 15.5. The lowest BCUT2D eigenvalue weighted by atomic mass is 9.86. The van der Waals surface area contributed by atoms with Gasteiger partial charge in [-0.1, -0.05) is 0 Å². The minimum atomic E-state index is -0.434. The normalized spacial score (nSPS) is 23.3. The zero-order valence-corrected chi connectivity index (χ0v) is 15.5. The van der Waals surface area contributed by atoms with Crippen LogP contribution in [0.2, 0.25) is 0 Å². The highest BCUT2D eigenvalue weighted by atomic mass is 16.2. The summed E-state index contributed by atoms with van der Waals surface area (Å²) in [6, 6.07) is 3.29. The van der Waals surface area contributed by atoms with Gasteiger partial charge < -0.3 is 19.6 Å². The minimum absolute atomic E-state index is 0.0560. The molecule has 1 spiro atoms. The van der Waals surface area contributed by atoms with Gasteiger partial charge in [0.25, 0.3) is 5.91 Å². The van der Waals surface area contributed by atoms with E-state index in [1.165, 1.54) is 4.90 Å². The maximum atomic E-state index is 13.0. The Balaban J connectivity index is 1.88. The van der Waals surface area contributed by atoms with E-state index in [0.29, 0.717) is 44.7 Å². The van der Waals surface area contributed by atoms with E-state index in [-0.39, 0.29) is 17.8 Å². The first-order valence-corrected chi connectivity index (χ1v) is 8.71. The number of aromatic nitrogens is 1. The van der Waals surface area contributed by atoms with Crippen molar-refractivity contribution in [1.29, 1.82) is 0 Å². The molecule has 0 bridgehead atoms. The standard InChI is InChI=1S/C18H25N5O3/c1-20(2)17(26)23-9-8-22(16(25)14-4-6-19-7-5-14)12-18(13-23)10-15(24)21(3)11-18/h4-7H,8-13H2,1-3H3. The van der Waals surface area contributed by atoms with Gasteiger partial charge >= 0.3 is 6.03 Å².